The molecule has 0 spiro atoms. The highest BCUT2D eigenvalue weighted by Crippen LogP contribution is 2.19. The van der Waals surface area contributed by atoms with Crippen molar-refractivity contribution in [2.45, 2.75) is 38.0 Å². The van der Waals surface area contributed by atoms with Crippen molar-refractivity contribution in [1.29, 1.82) is 0 Å². The zero-order chi connectivity index (χ0) is 20.8. The Morgan fingerprint density at radius 1 is 1.10 bits per heavy atom. The number of nitrogens with zero attached hydrogens (tertiary/aromatic N) is 2. The summed E-state index contributed by atoms with van der Waals surface area (Å²) < 4.78 is 5.66. The van der Waals surface area contributed by atoms with Crippen LogP contribution in [0.25, 0.3) is 0 Å². The van der Waals surface area contributed by atoms with Crippen LogP contribution >= 0.6 is 12.4 Å². The molecule has 0 bridgehead atoms. The van der Waals surface area contributed by atoms with Crippen LogP contribution in [0, 0.1) is 0 Å². The summed E-state index contributed by atoms with van der Waals surface area (Å²) >= 11 is 0. The third-order valence-electron chi connectivity index (χ3n) is 5.91. The molecular weight excluding hydrogens is 414 g/mol. The summed E-state index contributed by atoms with van der Waals surface area (Å²) in [6.45, 7) is 3.95. The zero-order valence-electron chi connectivity index (χ0n) is 17.8. The van der Waals surface area contributed by atoms with Gasteiger partial charge in [0.15, 0.2) is 0 Å². The van der Waals surface area contributed by atoms with Crippen molar-refractivity contribution in [1.82, 2.24) is 15.1 Å². The number of benzene rings is 2. The fourth-order valence-electron chi connectivity index (χ4n) is 4.33. The van der Waals surface area contributed by atoms with Crippen molar-refractivity contribution in [2.75, 3.05) is 32.8 Å². The largest absolute Gasteiger partial charge is 0.491 e. The van der Waals surface area contributed by atoms with Crippen LogP contribution in [0.4, 0.5) is 4.79 Å². The van der Waals surface area contributed by atoms with Gasteiger partial charge in [-0.2, -0.15) is 0 Å². The minimum Gasteiger partial charge on any atom is -0.491 e. The van der Waals surface area contributed by atoms with E-state index in [1.54, 1.807) is 0 Å². The van der Waals surface area contributed by atoms with E-state index in [2.05, 4.69) is 28.4 Å². The lowest BCUT2D eigenvalue weighted by atomic mass is 10.00. The number of nitrogens with one attached hydrogen (secondary N) is 1. The summed E-state index contributed by atoms with van der Waals surface area (Å²) in [5.41, 5.74) is 2.59. The fourth-order valence-corrected chi connectivity index (χ4v) is 4.33. The van der Waals surface area contributed by atoms with E-state index < -0.39 is 6.10 Å². The van der Waals surface area contributed by atoms with Gasteiger partial charge in [-0.3, -0.25) is 4.90 Å². The van der Waals surface area contributed by atoms with Crippen LogP contribution in [0.3, 0.4) is 0 Å². The first kappa shape index (κ1) is 23.4. The molecule has 2 aromatic carbocycles. The molecule has 0 radical (unpaired) electrons. The Bertz CT molecular complexity index is 836. The molecule has 2 aromatic rings. The van der Waals surface area contributed by atoms with Crippen molar-refractivity contribution in [2.24, 2.45) is 0 Å². The van der Waals surface area contributed by atoms with Crippen LogP contribution < -0.4 is 10.1 Å². The summed E-state index contributed by atoms with van der Waals surface area (Å²) in [5.74, 6) is 0.767. The highest BCUT2D eigenvalue weighted by atomic mass is 35.5. The Morgan fingerprint density at radius 2 is 1.84 bits per heavy atom. The molecule has 2 aliphatic heterocycles. The van der Waals surface area contributed by atoms with Crippen molar-refractivity contribution in [3.8, 4) is 5.75 Å². The molecule has 2 N–H and O–H groups in total. The number of halogens is 1. The molecular formula is C24H32ClN3O3. The maximum atomic E-state index is 12.8. The van der Waals surface area contributed by atoms with Gasteiger partial charge in [-0.1, -0.05) is 42.5 Å². The summed E-state index contributed by atoms with van der Waals surface area (Å²) in [5, 5.41) is 13.6. The number of rotatable bonds is 6. The van der Waals surface area contributed by atoms with E-state index >= 15 is 0 Å². The van der Waals surface area contributed by atoms with E-state index in [4.69, 9.17) is 4.74 Å². The first-order valence-electron chi connectivity index (χ1n) is 10.9. The minimum absolute atomic E-state index is 0. The fraction of sp³-hybridized carbons (Fsp3) is 0.458. The number of piperidine rings is 1. The number of β-amino-alcohol motifs (C(OH)–C–C–N with tert-alkyl or cyclic N) is 1. The number of carbonyl (C=O) groups excluding carboxylic acids is 1. The van der Waals surface area contributed by atoms with Crippen molar-refractivity contribution < 1.29 is 14.6 Å². The molecule has 7 heteroatoms. The van der Waals surface area contributed by atoms with Crippen LogP contribution in [0.1, 0.15) is 24.0 Å². The van der Waals surface area contributed by atoms with Crippen molar-refractivity contribution >= 4 is 18.4 Å². The normalized spacial score (nSPS) is 19.6. The lowest BCUT2D eigenvalue weighted by molar-refractivity contribution is 0.0563. The Hall–Kier alpha value is -2.28. The number of carbonyl (C=O) groups is 1. The molecule has 6 nitrogen and oxygen atoms in total. The molecule has 0 saturated carbocycles. The van der Waals surface area contributed by atoms with Gasteiger partial charge in [-0.05, 0) is 49.1 Å². The molecule has 2 heterocycles. The molecule has 1 saturated heterocycles. The van der Waals surface area contributed by atoms with E-state index in [9.17, 15) is 9.90 Å². The number of amides is 2. The van der Waals surface area contributed by atoms with E-state index in [1.807, 2.05) is 41.3 Å². The Labute approximate surface area is 190 Å². The summed E-state index contributed by atoms with van der Waals surface area (Å²) in [6, 6.07) is 18.0. The molecule has 0 aliphatic carbocycles. The second kappa shape index (κ2) is 11.4. The number of likely N-dealkylation sites (tertiary alicyclic amines) is 1. The number of hydrogen-bond donors (Lipinski definition) is 2. The number of ether oxygens (including phenoxy) is 1. The van der Waals surface area contributed by atoms with Crippen LogP contribution in [0.2, 0.25) is 0 Å². The average Bonchev–Trinajstić information content (AvgIpc) is 2.78. The van der Waals surface area contributed by atoms with Crippen LogP contribution in [-0.4, -0.2) is 65.9 Å². The Balaban J connectivity index is 0.00000272. The molecule has 0 aromatic heterocycles. The number of aliphatic hydroxyl groups excluding tert-OH is 1. The third-order valence-corrected chi connectivity index (χ3v) is 5.91. The predicted octanol–water partition coefficient (Wildman–Crippen LogP) is 3.08. The molecule has 2 unspecified atom stereocenters. The Morgan fingerprint density at radius 3 is 2.65 bits per heavy atom. The van der Waals surface area contributed by atoms with Crippen molar-refractivity contribution in [3.05, 3.63) is 65.7 Å². The monoisotopic (exact) mass is 445 g/mol. The molecule has 2 aliphatic rings. The van der Waals surface area contributed by atoms with E-state index in [1.165, 1.54) is 11.1 Å². The summed E-state index contributed by atoms with van der Waals surface area (Å²) in [7, 11) is 0. The lowest BCUT2D eigenvalue weighted by Crippen LogP contribution is -2.53. The first-order chi connectivity index (χ1) is 14.7. The highest BCUT2D eigenvalue weighted by Gasteiger charge is 2.26. The Kier molecular flexibility index (Phi) is 8.58. The molecule has 2 atom stereocenters. The second-order valence-electron chi connectivity index (χ2n) is 8.27. The summed E-state index contributed by atoms with van der Waals surface area (Å²) in [4.78, 5) is 16.9. The number of aliphatic hydroxyl groups is 1. The molecule has 4 rings (SSSR count). The SMILES string of the molecule is Cl.O=C(NC1CCCN(CC(O)COc2ccccc2)C1)N1CCc2ccccc2C1. The van der Waals surface area contributed by atoms with Gasteiger partial charge in [0.1, 0.15) is 18.5 Å². The zero-order valence-corrected chi connectivity index (χ0v) is 18.6. The maximum absolute atomic E-state index is 12.8. The lowest BCUT2D eigenvalue weighted by Gasteiger charge is -2.36. The molecule has 2 amide bonds. The number of hydrogen-bond acceptors (Lipinski definition) is 4. The van der Waals surface area contributed by atoms with E-state index in [0.29, 0.717) is 13.1 Å². The van der Waals surface area contributed by atoms with Crippen LogP contribution in [-0.2, 0) is 13.0 Å². The quantitative estimate of drug-likeness (QED) is 0.717. The average molecular weight is 446 g/mol. The smallest absolute Gasteiger partial charge is 0.317 e. The van der Waals surface area contributed by atoms with Gasteiger partial charge in [0.05, 0.1) is 0 Å². The topological polar surface area (TPSA) is 65.0 Å². The number of para-hydroxylation sites is 1. The minimum atomic E-state index is -0.557. The van der Waals surface area contributed by atoms with Gasteiger partial charge in [0.25, 0.3) is 0 Å². The maximum Gasteiger partial charge on any atom is 0.317 e. The standard InChI is InChI=1S/C24H31N3O3.ClH/c28-22(18-30-23-10-2-1-3-11-23)17-26-13-6-9-21(16-26)25-24(29)27-14-12-19-7-4-5-8-20(19)15-27;/h1-5,7-8,10-11,21-22,28H,6,9,12-18H2,(H,25,29);1H. The van der Waals surface area contributed by atoms with E-state index in [0.717, 1.165) is 44.6 Å². The predicted molar refractivity (Wildman–Crippen MR) is 124 cm³/mol. The second-order valence-corrected chi connectivity index (χ2v) is 8.27. The van der Waals surface area contributed by atoms with Gasteiger partial charge >= 0.3 is 6.03 Å². The van der Waals surface area contributed by atoms with Gasteiger partial charge in [-0.25, -0.2) is 4.79 Å². The highest BCUT2D eigenvalue weighted by molar-refractivity contribution is 5.85. The molecule has 1 fully saturated rings. The first-order valence-corrected chi connectivity index (χ1v) is 10.9. The van der Waals surface area contributed by atoms with Gasteiger partial charge < -0.3 is 20.1 Å². The van der Waals surface area contributed by atoms with Crippen LogP contribution in [0.15, 0.2) is 54.6 Å². The van der Waals surface area contributed by atoms with Gasteiger partial charge in [0, 0.05) is 32.2 Å². The van der Waals surface area contributed by atoms with Crippen LogP contribution in [0.5, 0.6) is 5.75 Å². The summed E-state index contributed by atoms with van der Waals surface area (Å²) in [6.07, 6.45) is 2.34. The molecule has 168 valence electrons. The van der Waals surface area contributed by atoms with Crippen molar-refractivity contribution in [3.63, 3.8) is 0 Å². The van der Waals surface area contributed by atoms with E-state index in [-0.39, 0.29) is 31.1 Å². The number of urea groups is 1. The number of fused-ring (bicyclic) bond motifs is 1. The van der Waals surface area contributed by atoms with Gasteiger partial charge in [0.2, 0.25) is 0 Å². The molecule has 31 heavy (non-hydrogen) atoms. The third kappa shape index (κ3) is 6.60. The van der Waals surface area contributed by atoms with Gasteiger partial charge in [-0.15, -0.1) is 12.4 Å².